The van der Waals surface area contributed by atoms with E-state index in [0.29, 0.717) is 10.6 Å². The van der Waals surface area contributed by atoms with E-state index in [9.17, 15) is 0 Å². The zero-order chi connectivity index (χ0) is 11.0. The Hall–Kier alpha value is -1.63. The predicted octanol–water partition coefficient (Wildman–Crippen LogP) is 0.617. The molecule has 0 aromatic carbocycles. The Labute approximate surface area is 91.7 Å². The van der Waals surface area contributed by atoms with Gasteiger partial charge in [0.05, 0.1) is 0 Å². The molecule has 0 aliphatic rings. The number of aromatic amines is 1. The number of nitrogen functional groups attached to an aromatic ring is 1. The van der Waals surface area contributed by atoms with Crippen LogP contribution >= 0.6 is 12.2 Å². The van der Waals surface area contributed by atoms with E-state index >= 15 is 0 Å². The molecular formula is C8H12N6S. The summed E-state index contributed by atoms with van der Waals surface area (Å²) in [6.07, 6.45) is 0.916. The van der Waals surface area contributed by atoms with Gasteiger partial charge in [0.15, 0.2) is 0 Å². The molecular weight excluding hydrogens is 212 g/mol. The van der Waals surface area contributed by atoms with E-state index in [1.165, 1.54) is 4.68 Å². The highest BCUT2D eigenvalue weighted by molar-refractivity contribution is 7.71. The van der Waals surface area contributed by atoms with Crippen molar-refractivity contribution < 1.29 is 0 Å². The van der Waals surface area contributed by atoms with E-state index in [4.69, 9.17) is 18.1 Å². The molecule has 0 radical (unpaired) electrons. The lowest BCUT2D eigenvalue weighted by molar-refractivity contribution is 0.718. The first-order chi connectivity index (χ1) is 7.13. The van der Waals surface area contributed by atoms with Crippen molar-refractivity contribution in [1.82, 2.24) is 24.7 Å². The van der Waals surface area contributed by atoms with Crippen LogP contribution in [0.4, 0.5) is 0 Å². The Morgan fingerprint density at radius 1 is 1.60 bits per heavy atom. The maximum absolute atomic E-state index is 5.70. The van der Waals surface area contributed by atoms with Gasteiger partial charge < -0.3 is 5.84 Å². The van der Waals surface area contributed by atoms with Gasteiger partial charge in [-0.25, -0.2) is 9.77 Å². The molecule has 0 atom stereocenters. The van der Waals surface area contributed by atoms with Gasteiger partial charge in [-0.1, -0.05) is 6.92 Å². The van der Waals surface area contributed by atoms with Crippen LogP contribution in [0.5, 0.6) is 0 Å². The number of H-pyrrole nitrogens is 1. The summed E-state index contributed by atoms with van der Waals surface area (Å²) < 4.78 is 3.51. The first-order valence-electron chi connectivity index (χ1n) is 4.59. The van der Waals surface area contributed by atoms with Gasteiger partial charge in [-0.05, 0) is 24.7 Å². The van der Waals surface area contributed by atoms with Gasteiger partial charge in [0.25, 0.3) is 0 Å². The summed E-state index contributed by atoms with van der Waals surface area (Å²) in [7, 11) is 1.89. The Kier molecular flexibility index (Phi) is 2.31. The zero-order valence-corrected chi connectivity index (χ0v) is 9.38. The molecule has 0 aliphatic carbocycles. The molecule has 2 aromatic rings. The summed E-state index contributed by atoms with van der Waals surface area (Å²) in [5.41, 5.74) is 1.85. The fourth-order valence-electron chi connectivity index (χ4n) is 1.43. The second-order valence-corrected chi connectivity index (χ2v) is 3.61. The van der Waals surface area contributed by atoms with Gasteiger partial charge in [0.1, 0.15) is 5.69 Å². The Bertz CT molecular complexity index is 534. The lowest BCUT2D eigenvalue weighted by Crippen LogP contribution is -2.10. The van der Waals surface area contributed by atoms with E-state index in [1.807, 2.05) is 17.8 Å². The van der Waals surface area contributed by atoms with E-state index in [0.717, 1.165) is 17.8 Å². The van der Waals surface area contributed by atoms with Crippen molar-refractivity contribution in [3.05, 3.63) is 16.5 Å². The summed E-state index contributed by atoms with van der Waals surface area (Å²) in [5.74, 6) is 6.26. The number of aryl methyl sites for hydroxylation is 2. The molecule has 3 N–H and O–H groups in total. The second kappa shape index (κ2) is 3.50. The summed E-state index contributed by atoms with van der Waals surface area (Å²) in [4.78, 5) is 0. The number of nitrogens with one attached hydrogen (secondary N) is 1. The maximum Gasteiger partial charge on any atom is 0.214 e. The molecule has 80 valence electrons. The third-order valence-electron chi connectivity index (χ3n) is 2.27. The van der Waals surface area contributed by atoms with Crippen molar-refractivity contribution in [1.29, 1.82) is 0 Å². The summed E-state index contributed by atoms with van der Waals surface area (Å²) >= 11 is 4.93. The largest absolute Gasteiger partial charge is 0.335 e. The molecule has 0 unspecified atom stereocenters. The van der Waals surface area contributed by atoms with Crippen LogP contribution in [-0.2, 0) is 13.5 Å². The summed E-state index contributed by atoms with van der Waals surface area (Å²) in [6.45, 7) is 2.07. The summed E-state index contributed by atoms with van der Waals surface area (Å²) in [6, 6.07) is 1.95. The minimum atomic E-state index is 0.383. The standard InChI is InChI=1S/C8H12N6S/c1-3-5-4-6(12-13(5)2)7-10-11-8(15)14(7)9/h4H,3,9H2,1-2H3,(H,11,15). The normalized spacial score (nSPS) is 10.8. The molecule has 2 rings (SSSR count). The molecule has 6 nitrogen and oxygen atoms in total. The van der Waals surface area contributed by atoms with Crippen LogP contribution in [-0.4, -0.2) is 24.7 Å². The first kappa shape index (κ1) is 9.91. The SMILES string of the molecule is CCc1cc(-c2n[nH]c(=S)n2N)nn1C. The molecule has 0 amide bonds. The lowest BCUT2D eigenvalue weighted by Gasteiger charge is -1.94. The molecule has 0 saturated carbocycles. The molecule has 0 bridgehead atoms. The minimum absolute atomic E-state index is 0.383. The van der Waals surface area contributed by atoms with Crippen molar-refractivity contribution in [3.8, 4) is 11.5 Å². The van der Waals surface area contributed by atoms with Crippen molar-refractivity contribution in [3.63, 3.8) is 0 Å². The Morgan fingerprint density at radius 3 is 2.80 bits per heavy atom. The quantitative estimate of drug-likeness (QED) is 0.579. The van der Waals surface area contributed by atoms with Gasteiger partial charge in [-0.15, -0.1) is 0 Å². The van der Waals surface area contributed by atoms with Crippen LogP contribution in [0, 0.1) is 4.77 Å². The Morgan fingerprint density at radius 2 is 2.33 bits per heavy atom. The molecule has 15 heavy (non-hydrogen) atoms. The third kappa shape index (κ3) is 1.54. The van der Waals surface area contributed by atoms with Gasteiger partial charge in [-0.2, -0.15) is 10.2 Å². The average Bonchev–Trinajstić information content (AvgIpc) is 2.72. The van der Waals surface area contributed by atoms with Crippen LogP contribution in [0.25, 0.3) is 11.5 Å². The molecule has 7 heteroatoms. The second-order valence-electron chi connectivity index (χ2n) is 3.22. The lowest BCUT2D eigenvalue weighted by atomic mass is 10.3. The maximum atomic E-state index is 5.70. The molecule has 2 heterocycles. The molecule has 0 saturated heterocycles. The van der Waals surface area contributed by atoms with Gasteiger partial charge in [-0.3, -0.25) is 4.68 Å². The molecule has 0 spiro atoms. The van der Waals surface area contributed by atoms with Crippen LogP contribution in [0.2, 0.25) is 0 Å². The van der Waals surface area contributed by atoms with Crippen molar-refractivity contribution in [2.45, 2.75) is 13.3 Å². The number of aromatic nitrogens is 5. The molecule has 0 aliphatic heterocycles. The fourth-order valence-corrected chi connectivity index (χ4v) is 1.56. The predicted molar refractivity (Wildman–Crippen MR) is 59.1 cm³/mol. The monoisotopic (exact) mass is 224 g/mol. The van der Waals surface area contributed by atoms with E-state index < -0.39 is 0 Å². The van der Waals surface area contributed by atoms with Crippen molar-refractivity contribution >= 4 is 12.2 Å². The van der Waals surface area contributed by atoms with E-state index in [-0.39, 0.29) is 0 Å². The Balaban J connectivity index is 2.54. The van der Waals surface area contributed by atoms with Crippen LogP contribution in [0.15, 0.2) is 6.07 Å². The van der Waals surface area contributed by atoms with Crippen LogP contribution < -0.4 is 5.84 Å². The third-order valence-corrected chi connectivity index (χ3v) is 2.56. The highest BCUT2D eigenvalue weighted by Crippen LogP contribution is 2.15. The number of nitrogens with two attached hydrogens (primary N) is 1. The smallest absolute Gasteiger partial charge is 0.214 e. The highest BCUT2D eigenvalue weighted by Gasteiger charge is 2.11. The topological polar surface area (TPSA) is 77.4 Å². The van der Waals surface area contributed by atoms with E-state index in [1.54, 1.807) is 0 Å². The van der Waals surface area contributed by atoms with Gasteiger partial charge in [0.2, 0.25) is 10.6 Å². The fraction of sp³-hybridized carbons (Fsp3) is 0.375. The highest BCUT2D eigenvalue weighted by atomic mass is 32.1. The first-order valence-corrected chi connectivity index (χ1v) is 5.00. The van der Waals surface area contributed by atoms with Crippen LogP contribution in [0.1, 0.15) is 12.6 Å². The number of hydrogen-bond acceptors (Lipinski definition) is 4. The molecule has 0 fully saturated rings. The molecule has 2 aromatic heterocycles. The van der Waals surface area contributed by atoms with Crippen LogP contribution in [0.3, 0.4) is 0 Å². The number of hydrogen-bond donors (Lipinski definition) is 2. The average molecular weight is 224 g/mol. The number of rotatable bonds is 2. The van der Waals surface area contributed by atoms with Gasteiger partial charge >= 0.3 is 0 Å². The van der Waals surface area contributed by atoms with E-state index in [2.05, 4.69) is 22.2 Å². The zero-order valence-electron chi connectivity index (χ0n) is 8.56. The van der Waals surface area contributed by atoms with Crippen molar-refractivity contribution in [2.24, 2.45) is 7.05 Å². The van der Waals surface area contributed by atoms with Gasteiger partial charge in [0, 0.05) is 12.7 Å². The number of nitrogens with zero attached hydrogens (tertiary/aromatic N) is 4. The van der Waals surface area contributed by atoms with Crippen molar-refractivity contribution in [2.75, 3.05) is 5.84 Å². The minimum Gasteiger partial charge on any atom is -0.335 e. The summed E-state index contributed by atoms with van der Waals surface area (Å²) in [5, 5.41) is 11.0.